The molecule has 228 valence electrons. The van der Waals surface area contributed by atoms with Crippen LogP contribution in [0.2, 0.25) is 0 Å². The molecule has 2 atom stereocenters. The lowest BCUT2D eigenvalue weighted by Crippen LogP contribution is -2.42. The molecule has 2 heterocycles. The Morgan fingerprint density at radius 2 is 1.84 bits per heavy atom. The molecule has 0 bridgehead atoms. The SMILES string of the molecule is N#CC1(NC(=O)[C@@H]2CCCC[C@H]2c2oc(-c3cccc(OC(F)F)c3)nc2-c2ccc(N3CCS(O)(O)CC3)cc2)CC1. The normalized spacial score (nSPS) is 23.3. The molecule has 3 aromatic rings. The van der Waals surface area contributed by atoms with Gasteiger partial charge in [0.25, 0.3) is 0 Å². The van der Waals surface area contributed by atoms with E-state index in [9.17, 15) is 27.9 Å². The lowest BCUT2D eigenvalue weighted by Gasteiger charge is -2.41. The highest BCUT2D eigenvalue weighted by atomic mass is 32.3. The number of nitrogens with zero attached hydrogens (tertiary/aromatic N) is 3. The summed E-state index contributed by atoms with van der Waals surface area (Å²) in [6.45, 7) is -1.89. The van der Waals surface area contributed by atoms with Gasteiger partial charge in [0.05, 0.1) is 17.6 Å². The molecule has 3 N–H and O–H groups in total. The van der Waals surface area contributed by atoms with Crippen molar-refractivity contribution < 1.29 is 31.8 Å². The monoisotopic (exact) mass is 612 g/mol. The van der Waals surface area contributed by atoms with Gasteiger partial charge in [-0.05, 0) is 56.0 Å². The summed E-state index contributed by atoms with van der Waals surface area (Å²) in [5.74, 6) is 0.582. The second kappa shape index (κ2) is 11.8. The third-order valence-electron chi connectivity index (χ3n) is 8.61. The number of hydrogen-bond acceptors (Lipinski definition) is 8. The van der Waals surface area contributed by atoms with Gasteiger partial charge in [-0.25, -0.2) is 4.98 Å². The molecule has 1 amide bonds. The van der Waals surface area contributed by atoms with Gasteiger partial charge in [-0.15, -0.1) is 0 Å². The van der Waals surface area contributed by atoms with Crippen molar-refractivity contribution in [3.63, 3.8) is 0 Å². The first kappa shape index (κ1) is 29.4. The van der Waals surface area contributed by atoms with Crippen LogP contribution in [0.5, 0.6) is 5.75 Å². The zero-order valence-electron chi connectivity index (χ0n) is 23.5. The minimum Gasteiger partial charge on any atom is -0.440 e. The molecule has 1 saturated heterocycles. The maximum atomic E-state index is 13.5. The third-order valence-corrected chi connectivity index (χ3v) is 10.3. The van der Waals surface area contributed by atoms with Crippen LogP contribution in [-0.2, 0) is 4.79 Å². The molecule has 0 unspecified atom stereocenters. The van der Waals surface area contributed by atoms with Crippen LogP contribution in [0.4, 0.5) is 14.5 Å². The molecule has 2 saturated carbocycles. The summed E-state index contributed by atoms with van der Waals surface area (Å²) in [5, 5.41) is 12.5. The molecule has 3 aliphatic rings. The molecule has 0 spiro atoms. The Morgan fingerprint density at radius 1 is 1.12 bits per heavy atom. The molecular formula is C31H34F2N4O5S. The van der Waals surface area contributed by atoms with Crippen molar-refractivity contribution >= 4 is 22.2 Å². The lowest BCUT2D eigenvalue weighted by molar-refractivity contribution is -0.127. The molecule has 2 aliphatic carbocycles. The van der Waals surface area contributed by atoms with Crippen molar-refractivity contribution in [1.29, 1.82) is 5.26 Å². The third kappa shape index (κ3) is 6.49. The Hall–Kier alpha value is -3.66. The zero-order valence-corrected chi connectivity index (χ0v) is 24.4. The minimum atomic E-state index is -2.97. The topological polar surface area (TPSA) is 132 Å². The van der Waals surface area contributed by atoms with Crippen LogP contribution < -0.4 is 15.0 Å². The van der Waals surface area contributed by atoms with E-state index in [0.29, 0.717) is 67.3 Å². The Balaban J connectivity index is 1.35. The van der Waals surface area contributed by atoms with Gasteiger partial charge in [0.1, 0.15) is 22.7 Å². The summed E-state index contributed by atoms with van der Waals surface area (Å²) in [6, 6.07) is 16.2. The number of benzene rings is 2. The zero-order chi connectivity index (χ0) is 30.2. The van der Waals surface area contributed by atoms with Gasteiger partial charge < -0.3 is 19.4 Å². The second-order valence-corrected chi connectivity index (χ2v) is 14.0. The van der Waals surface area contributed by atoms with E-state index in [-0.39, 0.29) is 23.5 Å². The number of rotatable bonds is 8. The van der Waals surface area contributed by atoms with E-state index in [2.05, 4.69) is 21.0 Å². The average molecular weight is 613 g/mol. The number of halogens is 2. The van der Waals surface area contributed by atoms with E-state index in [0.717, 1.165) is 24.1 Å². The number of aromatic nitrogens is 1. The van der Waals surface area contributed by atoms with Crippen LogP contribution in [-0.4, -0.2) is 56.7 Å². The Kier molecular flexibility index (Phi) is 8.06. The van der Waals surface area contributed by atoms with E-state index in [1.807, 2.05) is 24.3 Å². The molecule has 3 fully saturated rings. The van der Waals surface area contributed by atoms with Gasteiger partial charge in [-0.1, -0.05) is 31.0 Å². The van der Waals surface area contributed by atoms with Crippen molar-refractivity contribution in [3.8, 4) is 34.5 Å². The van der Waals surface area contributed by atoms with Crippen molar-refractivity contribution in [2.45, 2.75) is 56.6 Å². The number of hydrogen-bond donors (Lipinski definition) is 3. The number of ether oxygens (including phenoxy) is 1. The largest absolute Gasteiger partial charge is 0.440 e. The Bertz CT molecular complexity index is 1510. The highest BCUT2D eigenvalue weighted by Gasteiger charge is 2.47. The predicted molar refractivity (Wildman–Crippen MR) is 159 cm³/mol. The van der Waals surface area contributed by atoms with Gasteiger partial charge in [-0.2, -0.15) is 24.6 Å². The smallest absolute Gasteiger partial charge is 0.387 e. The first-order chi connectivity index (χ1) is 20.7. The summed E-state index contributed by atoms with van der Waals surface area (Å²) in [7, 11) is -2.51. The van der Waals surface area contributed by atoms with Gasteiger partial charge in [0, 0.05) is 41.7 Å². The molecule has 43 heavy (non-hydrogen) atoms. The second-order valence-electron chi connectivity index (χ2n) is 11.6. The Morgan fingerprint density at radius 3 is 2.51 bits per heavy atom. The molecule has 6 rings (SSSR count). The lowest BCUT2D eigenvalue weighted by atomic mass is 9.76. The average Bonchev–Trinajstić information content (AvgIpc) is 3.63. The van der Waals surface area contributed by atoms with Crippen LogP contribution >= 0.6 is 10.6 Å². The highest BCUT2D eigenvalue weighted by Crippen LogP contribution is 2.46. The fourth-order valence-electron chi connectivity index (χ4n) is 6.01. The number of carbonyl (C=O) groups excluding carboxylic acids is 1. The van der Waals surface area contributed by atoms with Crippen LogP contribution in [0.25, 0.3) is 22.7 Å². The maximum absolute atomic E-state index is 13.5. The maximum Gasteiger partial charge on any atom is 0.387 e. The number of alkyl halides is 2. The minimum absolute atomic E-state index is 0.0162. The van der Waals surface area contributed by atoms with Gasteiger partial charge in [0.2, 0.25) is 11.8 Å². The first-order valence-corrected chi connectivity index (χ1v) is 16.4. The van der Waals surface area contributed by atoms with Crippen molar-refractivity contribution in [1.82, 2.24) is 10.3 Å². The molecule has 1 aliphatic heterocycles. The standard InChI is InChI=1S/C31H34F2N4O5S/c32-30(33)41-23-5-3-4-21(18-23)29-35-26(20-8-10-22(11-9-20)37-14-16-43(39,40)17-15-37)27(42-29)24-6-1-2-7-25(24)28(38)36-31(19-34)12-13-31/h3-5,8-11,18,24-25,30,39-40H,1-2,6-7,12-17H2,(H,36,38)/t24-,25-/m1/s1. The summed E-state index contributed by atoms with van der Waals surface area (Å²) in [5.41, 5.74) is 1.97. The van der Waals surface area contributed by atoms with Crippen LogP contribution in [0, 0.1) is 17.2 Å². The number of nitrogens with one attached hydrogen (secondary N) is 1. The highest BCUT2D eigenvalue weighted by molar-refractivity contribution is 8.24. The molecule has 2 aromatic carbocycles. The fraction of sp³-hybridized carbons (Fsp3) is 0.452. The predicted octanol–water partition coefficient (Wildman–Crippen LogP) is 6.63. The summed E-state index contributed by atoms with van der Waals surface area (Å²) >= 11 is 0. The number of nitriles is 1. The summed E-state index contributed by atoms with van der Waals surface area (Å²) in [4.78, 5) is 20.4. The fourth-order valence-corrected chi connectivity index (χ4v) is 7.24. The summed E-state index contributed by atoms with van der Waals surface area (Å²) < 4.78 is 56.8. The van der Waals surface area contributed by atoms with Crippen LogP contribution in [0.1, 0.15) is 50.2 Å². The molecule has 0 radical (unpaired) electrons. The molecular weight excluding hydrogens is 578 g/mol. The van der Waals surface area contributed by atoms with E-state index in [1.54, 1.807) is 12.1 Å². The van der Waals surface area contributed by atoms with Crippen molar-refractivity contribution in [2.75, 3.05) is 29.5 Å². The van der Waals surface area contributed by atoms with E-state index in [1.165, 1.54) is 12.1 Å². The number of carbonyl (C=O) groups is 1. The van der Waals surface area contributed by atoms with Crippen molar-refractivity contribution in [3.05, 3.63) is 54.3 Å². The van der Waals surface area contributed by atoms with E-state index < -0.39 is 28.7 Å². The first-order valence-electron chi connectivity index (χ1n) is 14.5. The van der Waals surface area contributed by atoms with E-state index in [4.69, 9.17) is 9.40 Å². The van der Waals surface area contributed by atoms with Gasteiger partial charge in [-0.3, -0.25) is 13.9 Å². The molecule has 1 aromatic heterocycles. The van der Waals surface area contributed by atoms with Crippen LogP contribution in [0.3, 0.4) is 0 Å². The number of anilines is 1. The summed E-state index contributed by atoms with van der Waals surface area (Å²) in [6.07, 6.45) is 4.42. The quantitative estimate of drug-likeness (QED) is 0.258. The molecule has 9 nitrogen and oxygen atoms in total. The number of oxazole rings is 1. The van der Waals surface area contributed by atoms with Gasteiger partial charge in [0.15, 0.2) is 0 Å². The van der Waals surface area contributed by atoms with E-state index >= 15 is 0 Å². The molecule has 12 heteroatoms. The van der Waals surface area contributed by atoms with Gasteiger partial charge >= 0.3 is 6.61 Å². The Labute approximate surface area is 250 Å². The van der Waals surface area contributed by atoms with Crippen LogP contribution in [0.15, 0.2) is 52.9 Å². The van der Waals surface area contributed by atoms with Crippen molar-refractivity contribution in [2.24, 2.45) is 5.92 Å². The number of amides is 1.